The fourth-order valence-corrected chi connectivity index (χ4v) is 5.21. The number of ether oxygens (including phenoxy) is 1. The van der Waals surface area contributed by atoms with Gasteiger partial charge in [0.25, 0.3) is 0 Å². The number of benzene rings is 2. The molecule has 1 N–H and O–H groups in total. The van der Waals surface area contributed by atoms with Crippen LogP contribution in [0.15, 0.2) is 36.4 Å². The normalized spacial score (nSPS) is 26.8. The summed E-state index contributed by atoms with van der Waals surface area (Å²) in [6, 6.07) is 12.9. The fraction of sp³-hybridized carbons (Fsp3) is 0.583. The van der Waals surface area contributed by atoms with Crippen LogP contribution in [0.2, 0.25) is 0 Å². The zero-order valence-corrected chi connectivity index (χ0v) is 17.4. The van der Waals surface area contributed by atoms with Crippen LogP contribution in [-0.2, 0) is 6.54 Å². The standard InChI is InChI=1S/C24H34N2O2/c1-3-15-28-22-10-9-19-7-4-5-8-20(19)21(22)16-26-13-6-12-24(18-26)17-25(2)14-11-23(24)27/h4-5,7-10,23,27H,3,6,11-18H2,1-2H3/t23-,24-/m0/s1. The first-order valence-electron chi connectivity index (χ1n) is 10.8. The Morgan fingerprint density at radius 2 is 2.00 bits per heavy atom. The van der Waals surface area contributed by atoms with Crippen molar-refractivity contribution in [2.75, 3.05) is 39.8 Å². The summed E-state index contributed by atoms with van der Waals surface area (Å²) in [5.41, 5.74) is 1.31. The first-order valence-corrected chi connectivity index (χ1v) is 10.8. The molecular formula is C24H34N2O2. The van der Waals surface area contributed by atoms with E-state index in [9.17, 15) is 5.11 Å². The molecule has 0 saturated carbocycles. The number of likely N-dealkylation sites (tertiary alicyclic amines) is 2. The quantitative estimate of drug-likeness (QED) is 0.851. The minimum atomic E-state index is -0.185. The lowest BCUT2D eigenvalue weighted by Crippen LogP contribution is -2.58. The minimum Gasteiger partial charge on any atom is -0.493 e. The van der Waals surface area contributed by atoms with Gasteiger partial charge in [-0.25, -0.2) is 0 Å². The molecule has 2 saturated heterocycles. The zero-order chi connectivity index (χ0) is 19.6. The number of piperidine rings is 2. The van der Waals surface area contributed by atoms with Gasteiger partial charge in [0.2, 0.25) is 0 Å². The van der Waals surface area contributed by atoms with E-state index in [0.29, 0.717) is 0 Å². The molecule has 2 heterocycles. The molecule has 28 heavy (non-hydrogen) atoms. The van der Waals surface area contributed by atoms with Crippen molar-refractivity contribution in [3.05, 3.63) is 42.0 Å². The van der Waals surface area contributed by atoms with E-state index in [0.717, 1.165) is 70.8 Å². The lowest BCUT2D eigenvalue weighted by atomic mass is 9.71. The van der Waals surface area contributed by atoms with E-state index < -0.39 is 0 Å². The van der Waals surface area contributed by atoms with Gasteiger partial charge in [0.05, 0.1) is 12.7 Å². The van der Waals surface area contributed by atoms with Crippen LogP contribution >= 0.6 is 0 Å². The van der Waals surface area contributed by atoms with E-state index in [1.165, 1.54) is 16.3 Å². The smallest absolute Gasteiger partial charge is 0.124 e. The largest absolute Gasteiger partial charge is 0.493 e. The van der Waals surface area contributed by atoms with Gasteiger partial charge < -0.3 is 14.7 Å². The Morgan fingerprint density at radius 3 is 2.86 bits per heavy atom. The van der Waals surface area contributed by atoms with Crippen molar-refractivity contribution in [3.8, 4) is 5.75 Å². The minimum absolute atomic E-state index is 0.0142. The van der Waals surface area contributed by atoms with Crippen molar-refractivity contribution >= 4 is 10.8 Å². The molecule has 0 bridgehead atoms. The monoisotopic (exact) mass is 382 g/mol. The van der Waals surface area contributed by atoms with Crippen molar-refractivity contribution in [2.24, 2.45) is 5.41 Å². The van der Waals surface area contributed by atoms with Gasteiger partial charge >= 0.3 is 0 Å². The summed E-state index contributed by atoms with van der Waals surface area (Å²) in [6.45, 7) is 7.84. The molecule has 4 heteroatoms. The van der Waals surface area contributed by atoms with Gasteiger partial charge in [-0.2, -0.15) is 0 Å². The molecule has 2 fully saturated rings. The Hall–Kier alpha value is -1.62. The van der Waals surface area contributed by atoms with Crippen molar-refractivity contribution in [2.45, 2.75) is 45.3 Å². The summed E-state index contributed by atoms with van der Waals surface area (Å²) in [7, 11) is 2.19. The second-order valence-electron chi connectivity index (χ2n) is 8.83. The van der Waals surface area contributed by atoms with Gasteiger partial charge in [-0.05, 0) is 56.1 Å². The number of aliphatic hydroxyl groups excluding tert-OH is 1. The molecule has 1 spiro atoms. The lowest BCUT2D eigenvalue weighted by Gasteiger charge is -2.50. The Labute approximate surface area is 169 Å². The highest BCUT2D eigenvalue weighted by molar-refractivity contribution is 5.87. The molecule has 2 aliphatic rings. The molecular weight excluding hydrogens is 348 g/mol. The molecule has 2 atom stereocenters. The molecule has 152 valence electrons. The van der Waals surface area contributed by atoms with Crippen molar-refractivity contribution in [3.63, 3.8) is 0 Å². The molecule has 4 nitrogen and oxygen atoms in total. The Balaban J connectivity index is 1.61. The number of rotatable bonds is 5. The van der Waals surface area contributed by atoms with Gasteiger partial charge in [-0.3, -0.25) is 4.90 Å². The van der Waals surface area contributed by atoms with E-state index in [2.05, 4.69) is 60.2 Å². The number of nitrogens with zero attached hydrogens (tertiary/aromatic N) is 2. The highest BCUT2D eigenvalue weighted by Gasteiger charge is 2.44. The maximum Gasteiger partial charge on any atom is 0.124 e. The van der Waals surface area contributed by atoms with Crippen LogP contribution in [0.4, 0.5) is 0 Å². The zero-order valence-electron chi connectivity index (χ0n) is 17.4. The predicted molar refractivity (Wildman–Crippen MR) is 115 cm³/mol. The van der Waals surface area contributed by atoms with Crippen molar-refractivity contribution < 1.29 is 9.84 Å². The third-order valence-corrected chi connectivity index (χ3v) is 6.60. The second kappa shape index (κ2) is 8.40. The fourth-order valence-electron chi connectivity index (χ4n) is 5.21. The number of fused-ring (bicyclic) bond motifs is 1. The third-order valence-electron chi connectivity index (χ3n) is 6.60. The summed E-state index contributed by atoms with van der Waals surface area (Å²) >= 11 is 0. The van der Waals surface area contributed by atoms with E-state index in [4.69, 9.17) is 4.74 Å². The summed E-state index contributed by atoms with van der Waals surface area (Å²) < 4.78 is 6.13. The number of aliphatic hydroxyl groups is 1. The summed E-state index contributed by atoms with van der Waals surface area (Å²) in [5, 5.41) is 13.4. The molecule has 4 rings (SSSR count). The maximum atomic E-state index is 10.9. The average molecular weight is 383 g/mol. The highest BCUT2D eigenvalue weighted by atomic mass is 16.5. The molecule has 0 unspecified atom stereocenters. The SMILES string of the molecule is CCCOc1ccc2ccccc2c1CN1CCC[C@]2(CN(C)CC[C@@H]2O)C1. The van der Waals surface area contributed by atoms with Crippen LogP contribution in [0.1, 0.15) is 38.2 Å². The van der Waals surface area contributed by atoms with Gasteiger partial charge in [-0.1, -0.05) is 37.3 Å². The van der Waals surface area contributed by atoms with Crippen LogP contribution in [0.5, 0.6) is 5.75 Å². The average Bonchev–Trinajstić information content (AvgIpc) is 2.71. The Bertz CT molecular complexity index is 808. The molecule has 2 aromatic rings. The van der Waals surface area contributed by atoms with Crippen LogP contribution in [0.3, 0.4) is 0 Å². The van der Waals surface area contributed by atoms with E-state index in [1.807, 2.05) is 0 Å². The van der Waals surface area contributed by atoms with E-state index in [1.54, 1.807) is 0 Å². The molecule has 0 aliphatic carbocycles. The number of hydrogen-bond acceptors (Lipinski definition) is 4. The van der Waals surface area contributed by atoms with Gasteiger partial charge in [-0.15, -0.1) is 0 Å². The first kappa shape index (κ1) is 19.7. The van der Waals surface area contributed by atoms with Gasteiger partial charge in [0.1, 0.15) is 5.75 Å². The van der Waals surface area contributed by atoms with Crippen molar-refractivity contribution in [1.29, 1.82) is 0 Å². The molecule has 2 aliphatic heterocycles. The molecule has 0 radical (unpaired) electrons. The molecule has 2 aromatic carbocycles. The van der Waals surface area contributed by atoms with E-state index >= 15 is 0 Å². The summed E-state index contributed by atoms with van der Waals surface area (Å²) in [6.07, 6.45) is 4.00. The second-order valence-corrected chi connectivity index (χ2v) is 8.83. The van der Waals surface area contributed by atoms with Crippen LogP contribution in [0, 0.1) is 5.41 Å². The predicted octanol–water partition coefficient (Wildman–Crippen LogP) is 3.91. The summed E-state index contributed by atoms with van der Waals surface area (Å²) in [4.78, 5) is 4.94. The Kier molecular flexibility index (Phi) is 5.91. The number of hydrogen-bond donors (Lipinski definition) is 1. The maximum absolute atomic E-state index is 10.9. The van der Waals surface area contributed by atoms with Crippen LogP contribution in [-0.4, -0.2) is 60.8 Å². The van der Waals surface area contributed by atoms with E-state index in [-0.39, 0.29) is 11.5 Å². The third kappa shape index (κ3) is 3.91. The van der Waals surface area contributed by atoms with Crippen LogP contribution < -0.4 is 4.74 Å². The topological polar surface area (TPSA) is 35.9 Å². The molecule has 0 aromatic heterocycles. The molecule has 0 amide bonds. The lowest BCUT2D eigenvalue weighted by molar-refractivity contribution is -0.0808. The summed E-state index contributed by atoms with van der Waals surface area (Å²) in [5.74, 6) is 1.02. The first-order chi connectivity index (χ1) is 13.6. The van der Waals surface area contributed by atoms with Crippen molar-refractivity contribution in [1.82, 2.24) is 9.80 Å². The highest BCUT2D eigenvalue weighted by Crippen LogP contribution is 2.40. The Morgan fingerprint density at radius 1 is 1.14 bits per heavy atom. The van der Waals surface area contributed by atoms with Crippen LogP contribution in [0.25, 0.3) is 10.8 Å². The van der Waals surface area contributed by atoms with Gasteiger partial charge in [0, 0.05) is 37.2 Å². The van der Waals surface area contributed by atoms with Gasteiger partial charge in [0.15, 0.2) is 0 Å².